The molecule has 0 saturated heterocycles. The summed E-state index contributed by atoms with van der Waals surface area (Å²) in [5.74, 6) is 0. The Morgan fingerprint density at radius 3 is 2.94 bits per heavy atom. The molecule has 1 aromatic rings. The molecule has 1 aliphatic rings. The summed E-state index contributed by atoms with van der Waals surface area (Å²) in [4.78, 5) is 0.339. The first kappa shape index (κ1) is 12.4. The van der Waals surface area contributed by atoms with E-state index in [0.29, 0.717) is 4.90 Å². The van der Waals surface area contributed by atoms with Gasteiger partial charge in [0.2, 0.25) is 10.0 Å². The maximum Gasteiger partial charge on any atom is 0.240 e. The highest BCUT2D eigenvalue weighted by atomic mass is 32.2. The molecule has 0 radical (unpaired) electrons. The molecule has 5 heteroatoms. The van der Waals surface area contributed by atoms with Crippen molar-refractivity contribution in [1.82, 2.24) is 4.72 Å². The second kappa shape index (κ2) is 4.66. The van der Waals surface area contributed by atoms with Crippen molar-refractivity contribution in [2.24, 2.45) is 0 Å². The average Bonchev–Trinajstić information content (AvgIpc) is 2.75. The Balaban J connectivity index is 2.28. The van der Waals surface area contributed by atoms with Gasteiger partial charge in [-0.2, -0.15) is 0 Å². The summed E-state index contributed by atoms with van der Waals surface area (Å²) in [7, 11) is -3.38. The van der Waals surface area contributed by atoms with Crippen molar-refractivity contribution < 1.29 is 8.42 Å². The van der Waals surface area contributed by atoms with E-state index in [1.54, 1.807) is 12.1 Å². The Morgan fingerprint density at radius 2 is 2.24 bits per heavy atom. The van der Waals surface area contributed by atoms with Crippen LogP contribution in [0.1, 0.15) is 25.8 Å². The summed E-state index contributed by atoms with van der Waals surface area (Å²) < 4.78 is 26.8. The molecular formula is C12H18N2O2S. The zero-order valence-corrected chi connectivity index (χ0v) is 11.0. The minimum atomic E-state index is -3.38. The largest absolute Gasteiger partial charge is 0.384 e. The van der Waals surface area contributed by atoms with Crippen molar-refractivity contribution in [2.45, 2.75) is 37.6 Å². The quantitative estimate of drug-likeness (QED) is 0.860. The minimum Gasteiger partial charge on any atom is -0.384 e. The Morgan fingerprint density at radius 1 is 1.47 bits per heavy atom. The molecule has 1 atom stereocenters. The van der Waals surface area contributed by atoms with Gasteiger partial charge in [0.25, 0.3) is 0 Å². The van der Waals surface area contributed by atoms with Crippen LogP contribution in [0.5, 0.6) is 0 Å². The zero-order chi connectivity index (χ0) is 12.5. The van der Waals surface area contributed by atoms with Crippen LogP contribution in [0.15, 0.2) is 23.1 Å². The van der Waals surface area contributed by atoms with Gasteiger partial charge in [-0.15, -0.1) is 0 Å². The van der Waals surface area contributed by atoms with Gasteiger partial charge in [-0.05, 0) is 37.5 Å². The second-order valence-electron chi connectivity index (χ2n) is 4.43. The van der Waals surface area contributed by atoms with Gasteiger partial charge < -0.3 is 5.32 Å². The van der Waals surface area contributed by atoms with Crippen LogP contribution in [-0.2, 0) is 16.4 Å². The van der Waals surface area contributed by atoms with E-state index < -0.39 is 10.0 Å². The molecule has 0 saturated carbocycles. The van der Waals surface area contributed by atoms with Gasteiger partial charge in [0, 0.05) is 18.3 Å². The fraction of sp³-hybridized carbons (Fsp3) is 0.500. The first-order valence-corrected chi connectivity index (χ1v) is 7.40. The van der Waals surface area contributed by atoms with E-state index in [1.165, 1.54) is 5.56 Å². The minimum absolute atomic E-state index is 0.0405. The van der Waals surface area contributed by atoms with Gasteiger partial charge in [0.1, 0.15) is 0 Å². The predicted molar refractivity (Wildman–Crippen MR) is 68.7 cm³/mol. The molecule has 94 valence electrons. The number of nitrogens with one attached hydrogen (secondary N) is 2. The molecule has 1 heterocycles. The molecule has 0 bridgehead atoms. The molecule has 1 unspecified atom stereocenters. The Labute approximate surface area is 102 Å². The number of anilines is 1. The molecule has 4 nitrogen and oxygen atoms in total. The summed E-state index contributed by atoms with van der Waals surface area (Å²) in [6.07, 6.45) is 1.75. The first-order chi connectivity index (χ1) is 8.03. The van der Waals surface area contributed by atoms with E-state index in [4.69, 9.17) is 0 Å². The highest BCUT2D eigenvalue weighted by molar-refractivity contribution is 7.89. The lowest BCUT2D eigenvalue weighted by Gasteiger charge is -2.12. The normalized spacial score (nSPS) is 16.4. The van der Waals surface area contributed by atoms with Crippen molar-refractivity contribution in [3.8, 4) is 0 Å². The molecule has 17 heavy (non-hydrogen) atoms. The van der Waals surface area contributed by atoms with Crippen LogP contribution in [0.25, 0.3) is 0 Å². The highest BCUT2D eigenvalue weighted by Crippen LogP contribution is 2.25. The van der Waals surface area contributed by atoms with Gasteiger partial charge in [-0.25, -0.2) is 13.1 Å². The van der Waals surface area contributed by atoms with Crippen LogP contribution in [0.4, 0.5) is 5.69 Å². The third-order valence-electron chi connectivity index (χ3n) is 3.07. The van der Waals surface area contributed by atoms with Crippen LogP contribution < -0.4 is 10.0 Å². The highest BCUT2D eigenvalue weighted by Gasteiger charge is 2.19. The predicted octanol–water partition coefficient (Wildman–Crippen LogP) is 1.73. The monoisotopic (exact) mass is 254 g/mol. The first-order valence-electron chi connectivity index (χ1n) is 5.92. The van der Waals surface area contributed by atoms with E-state index >= 15 is 0 Å². The Kier molecular flexibility index (Phi) is 3.40. The van der Waals surface area contributed by atoms with Crippen LogP contribution in [0, 0.1) is 0 Å². The zero-order valence-electron chi connectivity index (χ0n) is 10.2. The molecule has 0 amide bonds. The average molecular weight is 254 g/mol. The van der Waals surface area contributed by atoms with Gasteiger partial charge >= 0.3 is 0 Å². The number of hydrogen-bond donors (Lipinski definition) is 2. The third-order valence-corrected chi connectivity index (χ3v) is 4.66. The number of fused-ring (bicyclic) bond motifs is 1. The Hall–Kier alpha value is -1.07. The molecule has 0 fully saturated rings. The van der Waals surface area contributed by atoms with Crippen molar-refractivity contribution in [2.75, 3.05) is 11.9 Å². The molecule has 1 aliphatic heterocycles. The van der Waals surface area contributed by atoms with E-state index in [2.05, 4.69) is 10.0 Å². The number of sulfonamides is 1. The van der Waals surface area contributed by atoms with Gasteiger partial charge in [0.15, 0.2) is 0 Å². The standard InChI is InChI=1S/C12H18N2O2S/c1-3-9(2)14-17(15,16)11-5-4-10-6-7-13-12(10)8-11/h4-5,8-9,13-14H,3,6-7H2,1-2H3. The van der Waals surface area contributed by atoms with Crippen molar-refractivity contribution in [3.05, 3.63) is 23.8 Å². The lowest BCUT2D eigenvalue weighted by atomic mass is 10.2. The fourth-order valence-corrected chi connectivity index (χ4v) is 3.21. The maximum absolute atomic E-state index is 12.1. The molecule has 0 aromatic heterocycles. The van der Waals surface area contributed by atoms with Gasteiger partial charge in [-0.3, -0.25) is 0 Å². The lowest BCUT2D eigenvalue weighted by Crippen LogP contribution is -2.32. The molecule has 2 N–H and O–H groups in total. The number of rotatable bonds is 4. The van der Waals surface area contributed by atoms with Crippen LogP contribution in [0.2, 0.25) is 0 Å². The lowest BCUT2D eigenvalue weighted by molar-refractivity contribution is 0.556. The van der Waals surface area contributed by atoms with Crippen molar-refractivity contribution in [1.29, 1.82) is 0 Å². The summed E-state index contributed by atoms with van der Waals surface area (Å²) in [6.45, 7) is 4.71. The van der Waals surface area contributed by atoms with E-state index in [9.17, 15) is 8.42 Å². The van der Waals surface area contributed by atoms with Crippen LogP contribution in [-0.4, -0.2) is 21.0 Å². The topological polar surface area (TPSA) is 58.2 Å². The Bertz CT molecular complexity index is 511. The smallest absolute Gasteiger partial charge is 0.240 e. The summed E-state index contributed by atoms with van der Waals surface area (Å²) in [5, 5.41) is 3.19. The second-order valence-corrected chi connectivity index (χ2v) is 6.14. The number of hydrogen-bond acceptors (Lipinski definition) is 3. The SMILES string of the molecule is CCC(C)NS(=O)(=O)c1ccc2c(c1)NCC2. The molecular weight excluding hydrogens is 236 g/mol. The molecule has 0 spiro atoms. The maximum atomic E-state index is 12.1. The van der Waals surface area contributed by atoms with E-state index in [-0.39, 0.29) is 6.04 Å². The van der Waals surface area contributed by atoms with Crippen LogP contribution in [0.3, 0.4) is 0 Å². The summed E-state index contributed by atoms with van der Waals surface area (Å²) >= 11 is 0. The molecule has 2 rings (SSSR count). The van der Waals surface area contributed by atoms with Gasteiger partial charge in [0.05, 0.1) is 4.90 Å². The fourth-order valence-electron chi connectivity index (χ4n) is 1.85. The molecule has 0 aliphatic carbocycles. The third kappa shape index (κ3) is 2.61. The number of benzene rings is 1. The molecule has 1 aromatic carbocycles. The van der Waals surface area contributed by atoms with E-state index in [1.807, 2.05) is 19.9 Å². The summed E-state index contributed by atoms with van der Waals surface area (Å²) in [5.41, 5.74) is 2.13. The van der Waals surface area contributed by atoms with Crippen molar-refractivity contribution in [3.63, 3.8) is 0 Å². The van der Waals surface area contributed by atoms with Crippen molar-refractivity contribution >= 4 is 15.7 Å². The summed E-state index contributed by atoms with van der Waals surface area (Å²) in [6, 6.07) is 5.24. The van der Waals surface area contributed by atoms with Crippen LogP contribution >= 0.6 is 0 Å². The van der Waals surface area contributed by atoms with Gasteiger partial charge in [-0.1, -0.05) is 13.0 Å². The van der Waals surface area contributed by atoms with E-state index in [0.717, 1.165) is 25.1 Å².